The molecule has 1 saturated carbocycles. The summed E-state index contributed by atoms with van der Waals surface area (Å²) in [7, 11) is 1.81. The van der Waals surface area contributed by atoms with Crippen molar-refractivity contribution in [1.82, 2.24) is 14.9 Å². The van der Waals surface area contributed by atoms with Crippen molar-refractivity contribution in [1.29, 1.82) is 0 Å². The van der Waals surface area contributed by atoms with E-state index in [4.69, 9.17) is 19.4 Å². The summed E-state index contributed by atoms with van der Waals surface area (Å²) in [5, 5.41) is 4.91. The minimum absolute atomic E-state index is 0.364. The third-order valence-corrected chi connectivity index (χ3v) is 6.70. The van der Waals surface area contributed by atoms with E-state index in [9.17, 15) is 0 Å². The average molecular weight is 377 g/mol. The molecule has 2 unspecified atom stereocenters. The molecule has 0 aromatic carbocycles. The summed E-state index contributed by atoms with van der Waals surface area (Å²) >= 11 is 1.77. The molecule has 1 N–H and O–H groups in total. The molecular weight excluding hydrogens is 348 g/mol. The minimum atomic E-state index is 0.364. The second-order valence-corrected chi connectivity index (χ2v) is 8.56. The molecule has 0 spiro atoms. The van der Waals surface area contributed by atoms with Crippen LogP contribution in [0.3, 0.4) is 0 Å². The molecule has 142 valence electrons. The lowest BCUT2D eigenvalue weighted by molar-refractivity contribution is 0.0331. The molecule has 6 nitrogen and oxygen atoms in total. The van der Waals surface area contributed by atoms with E-state index in [1.807, 2.05) is 7.11 Å². The van der Waals surface area contributed by atoms with E-state index in [1.165, 1.54) is 15.8 Å². The van der Waals surface area contributed by atoms with Crippen LogP contribution in [0.1, 0.15) is 35.5 Å². The largest absolute Gasteiger partial charge is 0.381 e. The number of morpholine rings is 1. The highest BCUT2D eigenvalue weighted by molar-refractivity contribution is 7.18. The quantitative estimate of drug-likeness (QED) is 0.865. The Morgan fingerprint density at radius 3 is 2.77 bits per heavy atom. The molecule has 2 aromatic rings. The molecule has 0 amide bonds. The van der Waals surface area contributed by atoms with Gasteiger partial charge in [-0.25, -0.2) is 9.97 Å². The van der Waals surface area contributed by atoms with Crippen LogP contribution in [-0.2, 0) is 16.0 Å². The van der Waals surface area contributed by atoms with Crippen LogP contribution in [0.4, 0.5) is 5.82 Å². The summed E-state index contributed by atoms with van der Waals surface area (Å²) in [6, 6.07) is 0.425. The third kappa shape index (κ3) is 3.71. The molecular formula is C19H28N4O2S. The second kappa shape index (κ2) is 7.76. The van der Waals surface area contributed by atoms with Crippen molar-refractivity contribution in [2.45, 2.75) is 51.8 Å². The van der Waals surface area contributed by atoms with Crippen molar-refractivity contribution in [3.8, 4) is 0 Å². The van der Waals surface area contributed by atoms with Gasteiger partial charge >= 0.3 is 0 Å². The monoisotopic (exact) mass is 376 g/mol. The fourth-order valence-corrected chi connectivity index (χ4v) is 4.95. The van der Waals surface area contributed by atoms with E-state index in [2.05, 4.69) is 24.1 Å². The highest BCUT2D eigenvalue weighted by Crippen LogP contribution is 2.35. The van der Waals surface area contributed by atoms with Gasteiger partial charge in [0.25, 0.3) is 0 Å². The highest BCUT2D eigenvalue weighted by Gasteiger charge is 2.26. The van der Waals surface area contributed by atoms with Crippen molar-refractivity contribution in [3.05, 3.63) is 16.3 Å². The minimum Gasteiger partial charge on any atom is -0.381 e. The number of hydrogen-bond donors (Lipinski definition) is 1. The first-order valence-electron chi connectivity index (χ1n) is 9.50. The standard InChI is InChI=1S/C19H28N4O2S/c1-12-13(2)26-19-17(12)18(20-14-4-5-15(10-14)24-3)21-16(22-19)11-23-6-8-25-9-7-23/h14-15H,4-11H2,1-3H3,(H,20,21,22). The van der Waals surface area contributed by atoms with Gasteiger partial charge in [0, 0.05) is 31.1 Å². The molecule has 0 radical (unpaired) electrons. The Balaban J connectivity index is 1.62. The Morgan fingerprint density at radius 1 is 1.23 bits per heavy atom. The van der Waals surface area contributed by atoms with Gasteiger partial charge in [0.1, 0.15) is 16.5 Å². The molecule has 1 saturated heterocycles. The number of aromatic nitrogens is 2. The highest BCUT2D eigenvalue weighted by atomic mass is 32.1. The SMILES string of the molecule is COC1CCC(Nc2nc(CN3CCOCC3)nc3sc(C)c(C)c23)C1. The average Bonchev–Trinajstić information content (AvgIpc) is 3.20. The van der Waals surface area contributed by atoms with E-state index in [1.54, 1.807) is 11.3 Å². The zero-order valence-electron chi connectivity index (χ0n) is 15.9. The van der Waals surface area contributed by atoms with Gasteiger partial charge in [-0.2, -0.15) is 0 Å². The molecule has 26 heavy (non-hydrogen) atoms. The van der Waals surface area contributed by atoms with Gasteiger partial charge in [-0.3, -0.25) is 4.90 Å². The topological polar surface area (TPSA) is 59.5 Å². The van der Waals surface area contributed by atoms with Gasteiger partial charge in [-0.05, 0) is 38.7 Å². The lowest BCUT2D eigenvalue weighted by atomic mass is 10.2. The zero-order chi connectivity index (χ0) is 18.1. The summed E-state index contributed by atoms with van der Waals surface area (Å²) in [6.45, 7) is 8.63. The van der Waals surface area contributed by atoms with Crippen LogP contribution in [0.15, 0.2) is 0 Å². The number of rotatable bonds is 5. The van der Waals surface area contributed by atoms with E-state index < -0.39 is 0 Å². The van der Waals surface area contributed by atoms with Gasteiger partial charge in [0.2, 0.25) is 0 Å². The second-order valence-electron chi connectivity index (χ2n) is 7.35. The van der Waals surface area contributed by atoms with Crippen molar-refractivity contribution >= 4 is 27.4 Å². The van der Waals surface area contributed by atoms with Gasteiger partial charge in [0.05, 0.1) is 31.2 Å². The summed E-state index contributed by atoms with van der Waals surface area (Å²) in [4.78, 5) is 14.6. The maximum atomic E-state index is 5.53. The number of ether oxygens (including phenoxy) is 2. The Hall–Kier alpha value is -1.28. The number of aryl methyl sites for hydroxylation is 2. The molecule has 2 fully saturated rings. The normalized spacial score (nSPS) is 24.4. The maximum Gasteiger partial charge on any atom is 0.146 e. The van der Waals surface area contributed by atoms with Gasteiger partial charge < -0.3 is 14.8 Å². The summed E-state index contributed by atoms with van der Waals surface area (Å²) in [5.74, 6) is 1.91. The molecule has 2 atom stereocenters. The number of hydrogen-bond acceptors (Lipinski definition) is 7. The summed E-state index contributed by atoms with van der Waals surface area (Å²) in [6.07, 6.45) is 3.65. The number of thiophene rings is 1. The van der Waals surface area contributed by atoms with Crippen LogP contribution in [-0.4, -0.2) is 60.4 Å². The molecule has 1 aliphatic heterocycles. The summed E-state index contributed by atoms with van der Waals surface area (Å²) < 4.78 is 11.0. The van der Waals surface area contributed by atoms with Gasteiger partial charge in [0.15, 0.2) is 0 Å². The fourth-order valence-electron chi connectivity index (χ4n) is 3.91. The lowest BCUT2D eigenvalue weighted by Crippen LogP contribution is -2.36. The molecule has 2 aliphatic rings. The van der Waals surface area contributed by atoms with Crippen LogP contribution >= 0.6 is 11.3 Å². The predicted octanol–water partition coefficient (Wildman–Crippen LogP) is 3.12. The lowest BCUT2D eigenvalue weighted by Gasteiger charge is -2.26. The molecule has 3 heterocycles. The first-order chi connectivity index (χ1) is 12.6. The van der Waals surface area contributed by atoms with Gasteiger partial charge in [-0.1, -0.05) is 0 Å². The van der Waals surface area contributed by atoms with E-state index in [0.717, 1.165) is 68.6 Å². The van der Waals surface area contributed by atoms with E-state index >= 15 is 0 Å². The van der Waals surface area contributed by atoms with Crippen molar-refractivity contribution < 1.29 is 9.47 Å². The van der Waals surface area contributed by atoms with Crippen LogP contribution in [0, 0.1) is 13.8 Å². The predicted molar refractivity (Wildman–Crippen MR) is 105 cm³/mol. The Morgan fingerprint density at radius 2 is 2.04 bits per heavy atom. The first-order valence-corrected chi connectivity index (χ1v) is 10.3. The summed E-state index contributed by atoms with van der Waals surface area (Å²) in [5.41, 5.74) is 1.30. The van der Waals surface area contributed by atoms with Crippen molar-refractivity contribution in [2.75, 3.05) is 38.7 Å². The molecule has 1 aliphatic carbocycles. The fraction of sp³-hybridized carbons (Fsp3) is 0.684. The van der Waals surface area contributed by atoms with Crippen LogP contribution in [0.2, 0.25) is 0 Å². The maximum absolute atomic E-state index is 5.53. The zero-order valence-corrected chi connectivity index (χ0v) is 16.7. The number of fused-ring (bicyclic) bond motifs is 1. The number of methoxy groups -OCH3 is 1. The third-order valence-electron chi connectivity index (χ3n) is 5.60. The van der Waals surface area contributed by atoms with E-state index in [-0.39, 0.29) is 0 Å². The first kappa shape index (κ1) is 18.1. The Labute approximate surface area is 158 Å². The van der Waals surface area contributed by atoms with Crippen molar-refractivity contribution in [2.24, 2.45) is 0 Å². The molecule has 0 bridgehead atoms. The van der Waals surface area contributed by atoms with Gasteiger partial charge in [-0.15, -0.1) is 11.3 Å². The number of anilines is 1. The van der Waals surface area contributed by atoms with Crippen LogP contribution in [0.5, 0.6) is 0 Å². The molecule has 2 aromatic heterocycles. The Kier molecular flexibility index (Phi) is 5.40. The van der Waals surface area contributed by atoms with Crippen molar-refractivity contribution in [3.63, 3.8) is 0 Å². The van der Waals surface area contributed by atoms with Crippen LogP contribution in [0.25, 0.3) is 10.2 Å². The number of nitrogens with one attached hydrogen (secondary N) is 1. The molecule has 4 rings (SSSR count). The Bertz CT molecular complexity index is 772. The molecule has 7 heteroatoms. The van der Waals surface area contributed by atoms with Crippen LogP contribution < -0.4 is 5.32 Å². The van der Waals surface area contributed by atoms with E-state index in [0.29, 0.717) is 12.1 Å². The number of nitrogens with zero attached hydrogens (tertiary/aromatic N) is 3. The smallest absolute Gasteiger partial charge is 0.146 e.